The number of aromatic nitrogens is 2. The highest BCUT2D eigenvalue weighted by Crippen LogP contribution is 2.31. The highest BCUT2D eigenvalue weighted by atomic mass is 35.5. The fourth-order valence-corrected chi connectivity index (χ4v) is 4.61. The van der Waals surface area contributed by atoms with Gasteiger partial charge in [-0.2, -0.15) is 0 Å². The zero-order valence-electron chi connectivity index (χ0n) is 14.8. The Morgan fingerprint density at radius 2 is 2.08 bits per heavy atom. The Morgan fingerprint density at radius 1 is 1.36 bits per heavy atom. The van der Waals surface area contributed by atoms with Gasteiger partial charge in [0.25, 0.3) is 0 Å². The predicted octanol–water partition coefficient (Wildman–Crippen LogP) is 3.97. The second-order valence-corrected chi connectivity index (χ2v) is 9.13. The van der Waals surface area contributed by atoms with Gasteiger partial charge in [-0.3, -0.25) is 4.79 Å². The Kier molecular flexibility index (Phi) is 6.96. The highest BCUT2D eigenvalue weighted by Gasteiger charge is 2.20. The van der Waals surface area contributed by atoms with Crippen LogP contribution in [0, 0.1) is 0 Å². The van der Waals surface area contributed by atoms with Crippen molar-refractivity contribution in [2.45, 2.75) is 51.4 Å². The summed E-state index contributed by atoms with van der Waals surface area (Å²) in [5.74, 6) is 0.522. The van der Waals surface area contributed by atoms with Crippen molar-refractivity contribution >= 4 is 46.1 Å². The summed E-state index contributed by atoms with van der Waals surface area (Å²) in [6, 6.07) is 0. The van der Waals surface area contributed by atoms with Crippen molar-refractivity contribution < 1.29 is 4.79 Å². The van der Waals surface area contributed by atoms with Gasteiger partial charge in [-0.1, -0.05) is 20.8 Å². The van der Waals surface area contributed by atoms with Crippen LogP contribution in [0.25, 0.3) is 0 Å². The Morgan fingerprint density at radius 3 is 2.72 bits per heavy atom. The van der Waals surface area contributed by atoms with Gasteiger partial charge in [-0.25, -0.2) is 9.97 Å². The summed E-state index contributed by atoms with van der Waals surface area (Å²) in [6.45, 7) is 8.52. The molecule has 0 spiro atoms. The summed E-state index contributed by atoms with van der Waals surface area (Å²) in [6.07, 6.45) is 4.50. The number of amides is 1. The van der Waals surface area contributed by atoms with Crippen LogP contribution in [0.5, 0.6) is 0 Å². The Balaban J connectivity index is 0.00000225. The van der Waals surface area contributed by atoms with Gasteiger partial charge in [-0.15, -0.1) is 35.1 Å². The molecule has 0 radical (unpaired) electrons. The number of hydrogen-bond donors (Lipinski definition) is 2. The van der Waals surface area contributed by atoms with Gasteiger partial charge in [0.2, 0.25) is 5.91 Å². The van der Waals surface area contributed by atoms with E-state index >= 15 is 0 Å². The van der Waals surface area contributed by atoms with Crippen molar-refractivity contribution in [1.82, 2.24) is 15.3 Å². The number of nitrogens with zero attached hydrogens (tertiary/aromatic N) is 2. The van der Waals surface area contributed by atoms with Gasteiger partial charge >= 0.3 is 0 Å². The molecule has 25 heavy (non-hydrogen) atoms. The summed E-state index contributed by atoms with van der Waals surface area (Å²) in [7, 11) is 0. The first kappa shape index (κ1) is 20.3. The molecule has 1 fully saturated rings. The van der Waals surface area contributed by atoms with E-state index in [0.29, 0.717) is 17.5 Å². The van der Waals surface area contributed by atoms with Crippen LogP contribution in [0.4, 0.5) is 5.13 Å². The van der Waals surface area contributed by atoms with Crippen LogP contribution in [0.15, 0.2) is 11.6 Å². The number of anilines is 1. The average Bonchev–Trinajstić information content (AvgIpc) is 3.17. The predicted molar refractivity (Wildman–Crippen MR) is 107 cm³/mol. The fourth-order valence-electron chi connectivity index (χ4n) is 2.70. The molecule has 3 heterocycles. The third kappa shape index (κ3) is 5.48. The zero-order valence-corrected chi connectivity index (χ0v) is 17.2. The molecule has 2 aromatic heterocycles. The lowest BCUT2D eigenvalue weighted by molar-refractivity contribution is -0.115. The molecule has 0 atom stereocenters. The van der Waals surface area contributed by atoms with Crippen molar-refractivity contribution in [3.8, 4) is 0 Å². The van der Waals surface area contributed by atoms with Gasteiger partial charge in [0.05, 0.1) is 17.1 Å². The number of halogens is 1. The lowest BCUT2D eigenvalue weighted by Gasteiger charge is -2.20. The van der Waals surface area contributed by atoms with E-state index in [9.17, 15) is 4.79 Å². The SMILES string of the molecule is CC(C)(C)c1nc(CC(=O)Nc2ncc(C3CCNCC3)s2)cs1.Cl. The number of thiazole rings is 2. The van der Waals surface area contributed by atoms with E-state index < -0.39 is 0 Å². The molecule has 3 rings (SSSR count). The van der Waals surface area contributed by atoms with E-state index in [4.69, 9.17) is 0 Å². The minimum absolute atomic E-state index is 0. The van der Waals surface area contributed by atoms with E-state index in [1.165, 1.54) is 4.88 Å². The number of rotatable bonds is 4. The molecule has 0 bridgehead atoms. The highest BCUT2D eigenvalue weighted by molar-refractivity contribution is 7.15. The van der Waals surface area contributed by atoms with Gasteiger partial charge in [-0.05, 0) is 31.8 Å². The third-order valence-electron chi connectivity index (χ3n) is 4.05. The van der Waals surface area contributed by atoms with Crippen LogP contribution in [-0.2, 0) is 16.6 Å². The van der Waals surface area contributed by atoms with Crippen LogP contribution in [0.2, 0.25) is 0 Å². The van der Waals surface area contributed by atoms with Crippen molar-refractivity contribution in [3.63, 3.8) is 0 Å². The van der Waals surface area contributed by atoms with Crippen LogP contribution in [0.3, 0.4) is 0 Å². The van der Waals surface area contributed by atoms with Crippen molar-refractivity contribution in [1.29, 1.82) is 0 Å². The molecule has 1 aliphatic rings. The van der Waals surface area contributed by atoms with Crippen LogP contribution >= 0.6 is 35.1 Å². The molecular weight excluding hydrogens is 376 g/mol. The lowest BCUT2D eigenvalue weighted by Crippen LogP contribution is -2.26. The molecular formula is C17H25ClN4OS2. The summed E-state index contributed by atoms with van der Waals surface area (Å²) < 4.78 is 0. The van der Waals surface area contributed by atoms with E-state index in [1.54, 1.807) is 22.7 Å². The van der Waals surface area contributed by atoms with Crippen LogP contribution < -0.4 is 10.6 Å². The molecule has 0 aliphatic carbocycles. The summed E-state index contributed by atoms with van der Waals surface area (Å²) in [5, 5.41) is 10.0. The monoisotopic (exact) mass is 400 g/mol. The van der Waals surface area contributed by atoms with E-state index in [2.05, 4.69) is 41.4 Å². The Labute approximate surface area is 163 Å². The normalized spacial score (nSPS) is 15.6. The van der Waals surface area contributed by atoms with E-state index in [1.807, 2.05) is 11.6 Å². The first-order chi connectivity index (χ1) is 11.4. The zero-order chi connectivity index (χ0) is 17.2. The molecule has 1 saturated heterocycles. The summed E-state index contributed by atoms with van der Waals surface area (Å²) >= 11 is 3.22. The average molecular weight is 401 g/mol. The maximum Gasteiger partial charge on any atom is 0.232 e. The first-order valence-electron chi connectivity index (χ1n) is 8.33. The van der Waals surface area contributed by atoms with Crippen molar-refractivity contribution in [3.05, 3.63) is 27.2 Å². The van der Waals surface area contributed by atoms with Crippen molar-refractivity contribution in [2.24, 2.45) is 0 Å². The second-order valence-electron chi connectivity index (χ2n) is 7.21. The molecule has 2 aromatic rings. The minimum atomic E-state index is -0.0491. The molecule has 0 unspecified atom stereocenters. The van der Waals surface area contributed by atoms with Gasteiger partial charge < -0.3 is 10.6 Å². The first-order valence-corrected chi connectivity index (χ1v) is 10.0. The number of carbonyl (C=O) groups is 1. The van der Waals surface area contributed by atoms with E-state index in [0.717, 1.165) is 36.6 Å². The third-order valence-corrected chi connectivity index (χ3v) is 6.44. The van der Waals surface area contributed by atoms with Gasteiger partial charge in [0.1, 0.15) is 0 Å². The molecule has 0 saturated carbocycles. The molecule has 5 nitrogen and oxygen atoms in total. The minimum Gasteiger partial charge on any atom is -0.317 e. The smallest absolute Gasteiger partial charge is 0.232 e. The van der Waals surface area contributed by atoms with Crippen LogP contribution in [0.1, 0.15) is 55.1 Å². The summed E-state index contributed by atoms with van der Waals surface area (Å²) in [4.78, 5) is 22.5. The van der Waals surface area contributed by atoms with E-state index in [-0.39, 0.29) is 23.7 Å². The number of nitrogens with one attached hydrogen (secondary N) is 2. The molecule has 2 N–H and O–H groups in total. The maximum atomic E-state index is 12.2. The number of hydrogen-bond acceptors (Lipinski definition) is 6. The van der Waals surface area contributed by atoms with Gasteiger partial charge in [0.15, 0.2) is 5.13 Å². The molecule has 1 amide bonds. The molecule has 8 heteroatoms. The fraction of sp³-hybridized carbons (Fsp3) is 0.588. The Bertz CT molecular complexity index is 702. The largest absolute Gasteiger partial charge is 0.317 e. The summed E-state index contributed by atoms with van der Waals surface area (Å²) in [5.41, 5.74) is 0.857. The topological polar surface area (TPSA) is 66.9 Å². The van der Waals surface area contributed by atoms with Crippen LogP contribution in [-0.4, -0.2) is 29.0 Å². The quantitative estimate of drug-likeness (QED) is 0.814. The maximum absolute atomic E-state index is 12.2. The lowest BCUT2D eigenvalue weighted by atomic mass is 9.97. The standard InChI is InChI=1S/C17H24N4OS2.ClH/c1-17(2,3)15-20-12(10-23-15)8-14(22)21-16-19-9-13(24-16)11-4-6-18-7-5-11;/h9-11,18H,4-8H2,1-3H3,(H,19,21,22);1H. The van der Waals surface area contributed by atoms with Gasteiger partial charge in [0, 0.05) is 21.9 Å². The van der Waals surface area contributed by atoms with Crippen molar-refractivity contribution in [2.75, 3.05) is 18.4 Å². The number of carbonyl (C=O) groups excluding carboxylic acids is 1. The molecule has 1 aliphatic heterocycles. The molecule has 138 valence electrons. The molecule has 0 aromatic carbocycles. The Hall–Kier alpha value is -1.02. The second kappa shape index (κ2) is 8.58. The number of piperidine rings is 1.